The minimum Gasteiger partial charge on any atom is -0.352 e. The molecule has 20 heavy (non-hydrogen) atoms. The number of hydrogen-bond acceptors (Lipinski definition) is 3. The zero-order valence-electron chi connectivity index (χ0n) is 11.9. The van der Waals surface area contributed by atoms with Gasteiger partial charge in [-0.1, -0.05) is 30.5 Å². The van der Waals surface area contributed by atoms with Gasteiger partial charge in [-0.3, -0.25) is 4.79 Å². The first-order valence-electron chi connectivity index (χ1n) is 7.02. The first kappa shape index (κ1) is 15.0. The van der Waals surface area contributed by atoms with E-state index in [1.165, 1.54) is 6.92 Å². The molecule has 5 heteroatoms. The third kappa shape index (κ3) is 3.20. The Morgan fingerprint density at radius 2 is 1.75 bits per heavy atom. The summed E-state index contributed by atoms with van der Waals surface area (Å²) in [7, 11) is -3.61. The Kier molecular flexibility index (Phi) is 4.48. The van der Waals surface area contributed by atoms with Crippen LogP contribution in [0.2, 0.25) is 0 Å². The molecule has 110 valence electrons. The lowest BCUT2D eigenvalue weighted by molar-refractivity contribution is -0.121. The Morgan fingerprint density at radius 1 is 1.20 bits per heavy atom. The summed E-state index contributed by atoms with van der Waals surface area (Å²) in [6, 6.07) is 6.75. The molecule has 1 unspecified atom stereocenters. The second kappa shape index (κ2) is 5.95. The number of sulfone groups is 1. The van der Waals surface area contributed by atoms with E-state index in [4.69, 9.17) is 0 Å². The van der Waals surface area contributed by atoms with Gasteiger partial charge in [0.1, 0.15) is 5.25 Å². The molecular weight excluding hydrogens is 274 g/mol. The Bertz CT molecular complexity index is 572. The number of hydrogen-bond donors (Lipinski definition) is 1. The van der Waals surface area contributed by atoms with Crippen molar-refractivity contribution in [1.29, 1.82) is 0 Å². The van der Waals surface area contributed by atoms with E-state index in [2.05, 4.69) is 5.32 Å². The summed E-state index contributed by atoms with van der Waals surface area (Å²) in [5.41, 5.74) is 0.993. The minimum absolute atomic E-state index is 0.137. The van der Waals surface area contributed by atoms with E-state index in [9.17, 15) is 13.2 Å². The second-order valence-electron chi connectivity index (χ2n) is 5.49. The van der Waals surface area contributed by atoms with Crippen LogP contribution in [-0.2, 0) is 14.6 Å². The van der Waals surface area contributed by atoms with Crippen LogP contribution in [0.4, 0.5) is 0 Å². The van der Waals surface area contributed by atoms with Gasteiger partial charge < -0.3 is 5.32 Å². The van der Waals surface area contributed by atoms with Crippen molar-refractivity contribution in [3.63, 3.8) is 0 Å². The Hall–Kier alpha value is -1.36. The predicted octanol–water partition coefficient (Wildman–Crippen LogP) is 2.22. The fourth-order valence-corrected chi connectivity index (χ4v) is 3.74. The number of carbonyl (C=O) groups excluding carboxylic acids is 1. The van der Waals surface area contributed by atoms with E-state index in [1.807, 2.05) is 6.92 Å². The van der Waals surface area contributed by atoms with Gasteiger partial charge in [-0.05, 0) is 38.8 Å². The van der Waals surface area contributed by atoms with Crippen molar-refractivity contribution in [2.75, 3.05) is 0 Å². The number of carbonyl (C=O) groups is 1. The Labute approximate surface area is 120 Å². The van der Waals surface area contributed by atoms with Crippen LogP contribution in [0.3, 0.4) is 0 Å². The molecule has 1 N–H and O–H groups in total. The molecule has 0 aromatic heterocycles. The largest absolute Gasteiger partial charge is 0.352 e. The zero-order valence-corrected chi connectivity index (χ0v) is 12.7. The number of nitrogens with one attached hydrogen (secondary N) is 1. The number of aryl methyl sites for hydroxylation is 1. The molecule has 1 atom stereocenters. The summed E-state index contributed by atoms with van der Waals surface area (Å²) in [6.45, 7) is 3.35. The molecule has 0 heterocycles. The monoisotopic (exact) mass is 295 g/mol. The Balaban J connectivity index is 2.11. The molecule has 1 aromatic carbocycles. The molecule has 1 amide bonds. The van der Waals surface area contributed by atoms with Gasteiger partial charge in [-0.2, -0.15) is 0 Å². The lowest BCUT2D eigenvalue weighted by Gasteiger charge is -2.17. The van der Waals surface area contributed by atoms with Crippen LogP contribution in [0.25, 0.3) is 0 Å². The van der Waals surface area contributed by atoms with Gasteiger partial charge in [0.2, 0.25) is 5.91 Å². The highest BCUT2D eigenvalue weighted by atomic mass is 32.2. The van der Waals surface area contributed by atoms with Crippen LogP contribution in [0.1, 0.15) is 38.2 Å². The van der Waals surface area contributed by atoms with Gasteiger partial charge in [0.25, 0.3) is 0 Å². The molecule has 1 aromatic rings. The number of benzene rings is 1. The lowest BCUT2D eigenvalue weighted by Crippen LogP contribution is -2.42. The van der Waals surface area contributed by atoms with E-state index in [0.717, 1.165) is 31.2 Å². The number of amides is 1. The second-order valence-corrected chi connectivity index (χ2v) is 7.76. The zero-order chi connectivity index (χ0) is 14.8. The average Bonchev–Trinajstić information content (AvgIpc) is 2.91. The first-order chi connectivity index (χ1) is 9.41. The van der Waals surface area contributed by atoms with E-state index >= 15 is 0 Å². The average molecular weight is 295 g/mol. The van der Waals surface area contributed by atoms with Gasteiger partial charge in [0, 0.05) is 6.04 Å². The lowest BCUT2D eigenvalue weighted by atomic mass is 10.2. The molecule has 0 radical (unpaired) electrons. The highest BCUT2D eigenvalue weighted by molar-refractivity contribution is 7.92. The topological polar surface area (TPSA) is 63.2 Å². The van der Waals surface area contributed by atoms with Crippen LogP contribution >= 0.6 is 0 Å². The predicted molar refractivity (Wildman–Crippen MR) is 78.2 cm³/mol. The Morgan fingerprint density at radius 3 is 2.30 bits per heavy atom. The van der Waals surface area contributed by atoms with Gasteiger partial charge in [0.15, 0.2) is 9.84 Å². The fraction of sp³-hybridized carbons (Fsp3) is 0.533. The maximum absolute atomic E-state index is 12.4. The van der Waals surface area contributed by atoms with Crippen molar-refractivity contribution in [2.24, 2.45) is 0 Å². The smallest absolute Gasteiger partial charge is 0.238 e. The van der Waals surface area contributed by atoms with E-state index in [-0.39, 0.29) is 10.9 Å². The minimum atomic E-state index is -3.61. The quantitative estimate of drug-likeness (QED) is 0.926. The standard InChI is InChI=1S/C15H21NO3S/c1-11-7-9-14(10-8-11)20(18,19)12(2)15(17)16-13-5-3-4-6-13/h7-10,12-13H,3-6H2,1-2H3,(H,16,17). The van der Waals surface area contributed by atoms with E-state index < -0.39 is 21.0 Å². The van der Waals surface area contributed by atoms with Gasteiger partial charge in [-0.15, -0.1) is 0 Å². The molecular formula is C15H21NO3S. The van der Waals surface area contributed by atoms with Gasteiger partial charge in [0.05, 0.1) is 4.90 Å². The molecule has 0 aliphatic heterocycles. The van der Waals surface area contributed by atoms with Crippen molar-refractivity contribution >= 4 is 15.7 Å². The van der Waals surface area contributed by atoms with E-state index in [0.29, 0.717) is 0 Å². The summed E-state index contributed by atoms with van der Waals surface area (Å²) < 4.78 is 24.8. The third-order valence-electron chi connectivity index (χ3n) is 3.89. The third-order valence-corrected chi connectivity index (χ3v) is 5.96. The summed E-state index contributed by atoms with van der Waals surface area (Å²) in [5.74, 6) is -0.391. The van der Waals surface area contributed by atoms with Crippen molar-refractivity contribution in [3.05, 3.63) is 29.8 Å². The van der Waals surface area contributed by atoms with Crippen molar-refractivity contribution in [2.45, 2.75) is 55.7 Å². The van der Waals surface area contributed by atoms with Crippen LogP contribution in [-0.4, -0.2) is 25.6 Å². The van der Waals surface area contributed by atoms with E-state index in [1.54, 1.807) is 24.3 Å². The normalized spacial score (nSPS) is 17.9. The molecule has 2 rings (SSSR count). The number of rotatable bonds is 4. The summed E-state index contributed by atoms with van der Waals surface area (Å²) in [6.07, 6.45) is 4.10. The molecule has 0 bridgehead atoms. The van der Waals surface area contributed by atoms with Crippen molar-refractivity contribution in [3.8, 4) is 0 Å². The van der Waals surface area contributed by atoms with Crippen molar-refractivity contribution in [1.82, 2.24) is 5.32 Å². The van der Waals surface area contributed by atoms with Crippen LogP contribution in [0.15, 0.2) is 29.2 Å². The van der Waals surface area contributed by atoms with Crippen molar-refractivity contribution < 1.29 is 13.2 Å². The summed E-state index contributed by atoms with van der Waals surface area (Å²) in [5, 5.41) is 1.80. The molecule has 4 nitrogen and oxygen atoms in total. The summed E-state index contributed by atoms with van der Waals surface area (Å²) in [4.78, 5) is 12.3. The van der Waals surface area contributed by atoms with Crippen LogP contribution < -0.4 is 5.32 Å². The maximum atomic E-state index is 12.4. The van der Waals surface area contributed by atoms with Crippen LogP contribution in [0, 0.1) is 6.92 Å². The van der Waals surface area contributed by atoms with Gasteiger partial charge in [-0.25, -0.2) is 8.42 Å². The molecule has 1 saturated carbocycles. The van der Waals surface area contributed by atoms with Crippen LogP contribution in [0.5, 0.6) is 0 Å². The molecule has 0 saturated heterocycles. The maximum Gasteiger partial charge on any atom is 0.238 e. The summed E-state index contributed by atoms with van der Waals surface area (Å²) >= 11 is 0. The first-order valence-corrected chi connectivity index (χ1v) is 8.57. The highest BCUT2D eigenvalue weighted by Crippen LogP contribution is 2.20. The highest BCUT2D eigenvalue weighted by Gasteiger charge is 2.31. The molecule has 1 aliphatic carbocycles. The fourth-order valence-electron chi connectivity index (χ4n) is 2.46. The molecule has 0 spiro atoms. The molecule has 1 aliphatic rings. The SMILES string of the molecule is Cc1ccc(S(=O)(=O)C(C)C(=O)NC2CCCC2)cc1. The van der Waals surface area contributed by atoms with Gasteiger partial charge >= 0.3 is 0 Å². The molecule has 1 fully saturated rings.